The lowest BCUT2D eigenvalue weighted by Crippen LogP contribution is -2.33. The van der Waals surface area contributed by atoms with Crippen LogP contribution in [0, 0.1) is 11.2 Å². The van der Waals surface area contributed by atoms with Gasteiger partial charge in [0.15, 0.2) is 0 Å². The Hall–Kier alpha value is -0.940. The summed E-state index contributed by atoms with van der Waals surface area (Å²) in [6.07, 6.45) is -1.26. The van der Waals surface area contributed by atoms with Gasteiger partial charge in [0, 0.05) is 10.0 Å². The van der Waals surface area contributed by atoms with Gasteiger partial charge in [-0.3, -0.25) is 4.79 Å². The molecule has 0 spiro atoms. The van der Waals surface area contributed by atoms with Crippen molar-refractivity contribution in [1.29, 1.82) is 0 Å². The third kappa shape index (κ3) is 3.09. The number of hydrogen-bond acceptors (Lipinski definition) is 3. The number of hydrogen-bond donors (Lipinski definition) is 1. The Labute approximate surface area is 114 Å². The largest absolute Gasteiger partial charge is 0.465 e. The normalized spacial score (nSPS) is 13.2. The van der Waals surface area contributed by atoms with Crippen molar-refractivity contribution in [2.75, 3.05) is 6.61 Å². The number of aliphatic hydroxyl groups is 1. The van der Waals surface area contributed by atoms with Crippen molar-refractivity contribution >= 4 is 21.9 Å². The molecule has 1 atom stereocenters. The van der Waals surface area contributed by atoms with Crippen molar-refractivity contribution in [2.45, 2.75) is 26.9 Å². The van der Waals surface area contributed by atoms with Gasteiger partial charge in [-0.25, -0.2) is 4.39 Å². The molecule has 0 aliphatic rings. The Bertz CT molecular complexity index is 446. The van der Waals surface area contributed by atoms with Gasteiger partial charge in [-0.05, 0) is 32.9 Å². The molecule has 0 saturated heterocycles. The summed E-state index contributed by atoms with van der Waals surface area (Å²) >= 11 is 3.14. The lowest BCUT2D eigenvalue weighted by Gasteiger charge is -2.28. The molecule has 0 aromatic heterocycles. The van der Waals surface area contributed by atoms with E-state index in [4.69, 9.17) is 4.74 Å². The summed E-state index contributed by atoms with van der Waals surface area (Å²) in [6.45, 7) is 4.95. The van der Waals surface area contributed by atoms with E-state index in [9.17, 15) is 14.3 Å². The number of carbonyl (C=O) groups excluding carboxylic acids is 1. The highest BCUT2D eigenvalue weighted by Gasteiger charge is 2.39. The maximum Gasteiger partial charge on any atom is 0.314 e. The minimum absolute atomic E-state index is 0.0799. The first-order valence-corrected chi connectivity index (χ1v) is 6.40. The first-order chi connectivity index (χ1) is 8.30. The van der Waals surface area contributed by atoms with Crippen molar-refractivity contribution in [3.05, 3.63) is 34.1 Å². The fourth-order valence-corrected chi connectivity index (χ4v) is 1.87. The standard InChI is InChI=1S/C13H16BrFO3/c1-4-18-12(17)13(2,3)11(16)9-6-5-8(14)7-10(9)15/h5-7,11,16H,4H2,1-3H3. The molecule has 0 aliphatic heterocycles. The van der Waals surface area contributed by atoms with Gasteiger partial charge >= 0.3 is 5.97 Å². The monoisotopic (exact) mass is 318 g/mol. The molecule has 18 heavy (non-hydrogen) atoms. The minimum Gasteiger partial charge on any atom is -0.465 e. The molecular formula is C13H16BrFO3. The number of esters is 1. The second-order valence-corrected chi connectivity index (χ2v) is 5.43. The van der Waals surface area contributed by atoms with E-state index in [1.54, 1.807) is 13.0 Å². The molecule has 0 aliphatic carbocycles. The fourth-order valence-electron chi connectivity index (χ4n) is 1.54. The topological polar surface area (TPSA) is 46.5 Å². The number of halogens is 2. The maximum absolute atomic E-state index is 13.7. The maximum atomic E-state index is 13.7. The Kier molecular flexibility index (Phi) is 4.87. The summed E-state index contributed by atoms with van der Waals surface area (Å²) in [4.78, 5) is 11.7. The highest BCUT2D eigenvalue weighted by molar-refractivity contribution is 9.10. The van der Waals surface area contributed by atoms with E-state index in [0.717, 1.165) is 0 Å². The van der Waals surface area contributed by atoms with E-state index >= 15 is 0 Å². The first-order valence-electron chi connectivity index (χ1n) is 5.61. The van der Waals surface area contributed by atoms with Crippen molar-refractivity contribution < 1.29 is 19.0 Å². The number of ether oxygens (including phenoxy) is 1. The fraction of sp³-hybridized carbons (Fsp3) is 0.462. The van der Waals surface area contributed by atoms with Gasteiger partial charge in [0.2, 0.25) is 0 Å². The molecule has 1 N–H and O–H groups in total. The molecule has 0 fully saturated rings. The highest BCUT2D eigenvalue weighted by atomic mass is 79.9. The Morgan fingerprint density at radius 1 is 1.56 bits per heavy atom. The predicted octanol–water partition coefficient (Wildman–Crippen LogP) is 3.21. The second-order valence-electron chi connectivity index (χ2n) is 4.51. The van der Waals surface area contributed by atoms with Crippen LogP contribution >= 0.6 is 15.9 Å². The molecular weight excluding hydrogens is 303 g/mol. The minimum atomic E-state index is -1.26. The Morgan fingerprint density at radius 3 is 2.67 bits per heavy atom. The smallest absolute Gasteiger partial charge is 0.314 e. The zero-order valence-electron chi connectivity index (χ0n) is 10.5. The zero-order chi connectivity index (χ0) is 13.9. The molecule has 0 radical (unpaired) electrons. The van der Waals surface area contributed by atoms with Crippen LogP contribution in [0.5, 0.6) is 0 Å². The summed E-state index contributed by atoms with van der Waals surface area (Å²) in [5, 5.41) is 10.2. The molecule has 0 amide bonds. The van der Waals surface area contributed by atoms with Crippen LogP contribution in [-0.2, 0) is 9.53 Å². The van der Waals surface area contributed by atoms with Crippen LogP contribution in [0.25, 0.3) is 0 Å². The van der Waals surface area contributed by atoms with E-state index in [0.29, 0.717) is 4.47 Å². The van der Waals surface area contributed by atoms with Crippen molar-refractivity contribution in [3.8, 4) is 0 Å². The van der Waals surface area contributed by atoms with Gasteiger partial charge in [-0.1, -0.05) is 22.0 Å². The quantitative estimate of drug-likeness (QED) is 0.867. The van der Waals surface area contributed by atoms with Gasteiger partial charge in [0.1, 0.15) is 5.82 Å². The first kappa shape index (κ1) is 15.1. The summed E-state index contributed by atoms with van der Waals surface area (Å²) in [7, 11) is 0. The molecule has 0 bridgehead atoms. The van der Waals surface area contributed by atoms with Crippen molar-refractivity contribution in [2.24, 2.45) is 5.41 Å². The summed E-state index contributed by atoms with van der Waals surface area (Å²) in [5.74, 6) is -1.12. The van der Waals surface area contributed by atoms with Gasteiger partial charge in [-0.2, -0.15) is 0 Å². The van der Waals surface area contributed by atoms with Gasteiger partial charge in [0.05, 0.1) is 18.1 Å². The predicted molar refractivity (Wildman–Crippen MR) is 69.5 cm³/mol. The average Bonchev–Trinajstić information content (AvgIpc) is 2.28. The molecule has 1 rings (SSSR count). The summed E-state index contributed by atoms with van der Waals surface area (Å²) in [6, 6.07) is 4.31. The van der Waals surface area contributed by atoms with Crippen LogP contribution in [0.3, 0.4) is 0 Å². The van der Waals surface area contributed by atoms with Crippen LogP contribution in [0.15, 0.2) is 22.7 Å². The Balaban J connectivity index is 3.05. The van der Waals surface area contributed by atoms with Crippen LogP contribution in [0.2, 0.25) is 0 Å². The molecule has 1 unspecified atom stereocenters. The van der Waals surface area contributed by atoms with E-state index in [-0.39, 0.29) is 12.2 Å². The van der Waals surface area contributed by atoms with Crippen molar-refractivity contribution in [1.82, 2.24) is 0 Å². The lowest BCUT2D eigenvalue weighted by atomic mass is 9.82. The van der Waals surface area contributed by atoms with Crippen LogP contribution in [0.1, 0.15) is 32.4 Å². The highest BCUT2D eigenvalue weighted by Crippen LogP contribution is 2.36. The van der Waals surface area contributed by atoms with E-state index < -0.39 is 23.3 Å². The van der Waals surface area contributed by atoms with Crippen LogP contribution in [-0.4, -0.2) is 17.7 Å². The molecule has 1 aromatic carbocycles. The summed E-state index contributed by atoms with van der Waals surface area (Å²) in [5.41, 5.74) is -1.12. The number of carbonyl (C=O) groups is 1. The van der Waals surface area contributed by atoms with E-state index in [1.165, 1.54) is 26.0 Å². The Morgan fingerprint density at radius 2 is 2.17 bits per heavy atom. The van der Waals surface area contributed by atoms with E-state index in [1.807, 2.05) is 0 Å². The molecule has 100 valence electrons. The van der Waals surface area contributed by atoms with Crippen LogP contribution in [0.4, 0.5) is 4.39 Å². The third-order valence-corrected chi connectivity index (χ3v) is 3.24. The second kappa shape index (κ2) is 5.80. The lowest BCUT2D eigenvalue weighted by molar-refractivity contribution is -0.160. The number of rotatable bonds is 4. The molecule has 0 heterocycles. The van der Waals surface area contributed by atoms with Crippen LogP contribution < -0.4 is 0 Å². The molecule has 0 saturated carbocycles. The molecule has 3 nitrogen and oxygen atoms in total. The zero-order valence-corrected chi connectivity index (χ0v) is 12.1. The van der Waals surface area contributed by atoms with E-state index in [2.05, 4.69) is 15.9 Å². The SMILES string of the molecule is CCOC(=O)C(C)(C)C(O)c1ccc(Br)cc1F. The van der Waals surface area contributed by atoms with Gasteiger partial charge in [0.25, 0.3) is 0 Å². The average molecular weight is 319 g/mol. The summed E-state index contributed by atoms with van der Waals surface area (Å²) < 4.78 is 19.2. The molecule has 1 aromatic rings. The van der Waals surface area contributed by atoms with Gasteiger partial charge in [-0.15, -0.1) is 0 Å². The molecule has 5 heteroatoms. The number of benzene rings is 1. The third-order valence-electron chi connectivity index (χ3n) is 2.74. The van der Waals surface area contributed by atoms with Crippen molar-refractivity contribution in [3.63, 3.8) is 0 Å². The van der Waals surface area contributed by atoms with Gasteiger partial charge < -0.3 is 9.84 Å². The number of aliphatic hydroxyl groups excluding tert-OH is 1.